The van der Waals surface area contributed by atoms with Crippen molar-refractivity contribution in [3.05, 3.63) is 48.0 Å². The van der Waals surface area contributed by atoms with E-state index >= 15 is 0 Å². The van der Waals surface area contributed by atoms with Gasteiger partial charge in [0.25, 0.3) is 0 Å². The Morgan fingerprint density at radius 2 is 1.60 bits per heavy atom. The molecule has 82 valence electrons. The second-order valence-electron chi connectivity index (χ2n) is 2.72. The summed E-state index contributed by atoms with van der Waals surface area (Å²) in [4.78, 5) is 9.25. The van der Waals surface area contributed by atoms with Crippen molar-refractivity contribution < 1.29 is 9.90 Å². The molecule has 0 spiro atoms. The molecule has 0 heterocycles. The lowest BCUT2D eigenvalue weighted by molar-refractivity contribution is -0.131. The Kier molecular flexibility index (Phi) is 6.88. The Balaban J connectivity index is 0.000000336. The monoisotopic (exact) mass is 208 g/mol. The van der Waals surface area contributed by atoms with E-state index in [4.69, 9.17) is 16.6 Å². The fraction of sp³-hybridized carbons (Fsp3) is 0.182. The molecule has 0 amide bonds. The maximum absolute atomic E-state index is 9.25. The van der Waals surface area contributed by atoms with Crippen molar-refractivity contribution in [1.29, 1.82) is 0 Å². The summed E-state index contributed by atoms with van der Waals surface area (Å²) in [5.74, 6) is -0.981. The van der Waals surface area contributed by atoms with Crippen molar-refractivity contribution in [2.75, 3.05) is 0 Å². The Hall–Kier alpha value is -1.65. The van der Waals surface area contributed by atoms with Gasteiger partial charge in [-0.05, 0) is 11.1 Å². The number of hydrogen-bond acceptors (Lipinski definition) is 3. The van der Waals surface area contributed by atoms with E-state index in [1.54, 1.807) is 0 Å². The molecule has 0 atom stereocenters. The third-order valence-electron chi connectivity index (χ3n) is 1.73. The maximum Gasteiger partial charge on any atom is 0.327 e. The lowest BCUT2D eigenvalue weighted by Gasteiger charge is -2.02. The molecule has 15 heavy (non-hydrogen) atoms. The third kappa shape index (κ3) is 5.61. The second kappa shape index (κ2) is 7.73. The number of carbonyl (C=O) groups is 1. The van der Waals surface area contributed by atoms with Gasteiger partial charge in [0, 0.05) is 19.2 Å². The van der Waals surface area contributed by atoms with E-state index in [2.05, 4.69) is 6.58 Å². The van der Waals surface area contributed by atoms with Crippen LogP contribution in [0.3, 0.4) is 0 Å². The lowest BCUT2D eigenvalue weighted by Crippen LogP contribution is -2.05. The summed E-state index contributed by atoms with van der Waals surface area (Å²) >= 11 is 0. The molecule has 0 fully saturated rings. The van der Waals surface area contributed by atoms with E-state index in [1.807, 2.05) is 24.3 Å². The first kappa shape index (κ1) is 13.4. The van der Waals surface area contributed by atoms with Gasteiger partial charge in [0.1, 0.15) is 0 Å². The number of nitrogens with two attached hydrogens (primary N) is 2. The number of benzene rings is 1. The van der Waals surface area contributed by atoms with Crippen LogP contribution < -0.4 is 11.5 Å². The van der Waals surface area contributed by atoms with E-state index in [-0.39, 0.29) is 0 Å². The second-order valence-corrected chi connectivity index (χ2v) is 2.72. The van der Waals surface area contributed by atoms with Gasteiger partial charge in [-0.2, -0.15) is 0 Å². The van der Waals surface area contributed by atoms with E-state index in [9.17, 15) is 4.79 Å². The Labute approximate surface area is 89.2 Å². The molecule has 0 aliphatic rings. The molecule has 0 aromatic heterocycles. The zero-order chi connectivity index (χ0) is 11.7. The summed E-state index contributed by atoms with van der Waals surface area (Å²) in [6.45, 7) is 4.11. The van der Waals surface area contributed by atoms with E-state index < -0.39 is 5.97 Å². The maximum atomic E-state index is 9.25. The molecule has 0 saturated heterocycles. The van der Waals surface area contributed by atoms with E-state index in [1.165, 1.54) is 0 Å². The highest BCUT2D eigenvalue weighted by Crippen LogP contribution is 2.05. The fourth-order valence-corrected chi connectivity index (χ4v) is 0.956. The summed E-state index contributed by atoms with van der Waals surface area (Å²) in [6.07, 6.45) is 0.833. The van der Waals surface area contributed by atoms with Gasteiger partial charge < -0.3 is 16.6 Å². The molecule has 1 rings (SSSR count). The van der Waals surface area contributed by atoms with Crippen LogP contribution in [0.2, 0.25) is 0 Å². The highest BCUT2D eigenvalue weighted by Gasteiger charge is 1.94. The van der Waals surface area contributed by atoms with E-state index in [0.717, 1.165) is 17.2 Å². The zero-order valence-corrected chi connectivity index (χ0v) is 8.52. The first-order chi connectivity index (χ1) is 7.15. The van der Waals surface area contributed by atoms with Crippen LogP contribution in [0.4, 0.5) is 0 Å². The number of rotatable bonds is 3. The molecular weight excluding hydrogens is 192 g/mol. The van der Waals surface area contributed by atoms with Crippen LogP contribution >= 0.6 is 0 Å². The SMILES string of the molecule is C=CC(=O)O.NCc1ccccc1CN. The number of hydrogen-bond donors (Lipinski definition) is 3. The number of carboxylic acid groups (broad SMARTS) is 1. The van der Waals surface area contributed by atoms with Gasteiger partial charge in [-0.3, -0.25) is 0 Å². The predicted octanol–water partition coefficient (Wildman–Crippen LogP) is 0.861. The Morgan fingerprint density at radius 3 is 1.80 bits per heavy atom. The minimum atomic E-state index is -0.981. The van der Waals surface area contributed by atoms with Gasteiger partial charge in [0.2, 0.25) is 0 Å². The van der Waals surface area contributed by atoms with Crippen molar-refractivity contribution in [2.45, 2.75) is 13.1 Å². The van der Waals surface area contributed by atoms with Gasteiger partial charge in [-0.25, -0.2) is 4.79 Å². The van der Waals surface area contributed by atoms with Crippen molar-refractivity contribution in [1.82, 2.24) is 0 Å². The van der Waals surface area contributed by atoms with Crippen LogP contribution in [-0.2, 0) is 17.9 Å². The molecule has 4 nitrogen and oxygen atoms in total. The molecule has 5 N–H and O–H groups in total. The van der Waals surface area contributed by atoms with Gasteiger partial charge in [0.15, 0.2) is 0 Å². The highest BCUT2D eigenvalue weighted by atomic mass is 16.4. The molecule has 0 aliphatic carbocycles. The van der Waals surface area contributed by atoms with E-state index in [0.29, 0.717) is 13.1 Å². The summed E-state index contributed by atoms with van der Waals surface area (Å²) in [6, 6.07) is 7.95. The summed E-state index contributed by atoms with van der Waals surface area (Å²) < 4.78 is 0. The number of aliphatic carboxylic acids is 1. The smallest absolute Gasteiger partial charge is 0.327 e. The molecule has 0 unspecified atom stereocenters. The van der Waals surface area contributed by atoms with Gasteiger partial charge >= 0.3 is 5.97 Å². The zero-order valence-electron chi connectivity index (χ0n) is 8.52. The standard InChI is InChI=1S/C8H12N2.C3H4O2/c9-5-7-3-1-2-4-8(7)6-10;1-2-3(4)5/h1-4H,5-6,9-10H2;2H,1H2,(H,4,5). The molecule has 1 aromatic carbocycles. The van der Waals surface area contributed by atoms with Crippen LogP contribution in [0.5, 0.6) is 0 Å². The first-order valence-electron chi connectivity index (χ1n) is 4.48. The van der Waals surface area contributed by atoms with Crippen LogP contribution in [0.15, 0.2) is 36.9 Å². The molecule has 0 saturated carbocycles. The Bertz CT molecular complexity index is 301. The fourth-order valence-electron chi connectivity index (χ4n) is 0.956. The third-order valence-corrected chi connectivity index (χ3v) is 1.73. The predicted molar refractivity (Wildman–Crippen MR) is 60.1 cm³/mol. The van der Waals surface area contributed by atoms with Gasteiger partial charge in [-0.15, -0.1) is 0 Å². The van der Waals surface area contributed by atoms with Crippen LogP contribution in [0.1, 0.15) is 11.1 Å². The topological polar surface area (TPSA) is 89.3 Å². The summed E-state index contributed by atoms with van der Waals surface area (Å²) in [7, 11) is 0. The van der Waals surface area contributed by atoms with Crippen molar-refractivity contribution in [3.63, 3.8) is 0 Å². The van der Waals surface area contributed by atoms with Crippen LogP contribution in [0, 0.1) is 0 Å². The van der Waals surface area contributed by atoms with Crippen molar-refractivity contribution >= 4 is 5.97 Å². The largest absolute Gasteiger partial charge is 0.478 e. The minimum absolute atomic E-state index is 0.577. The average Bonchev–Trinajstić information content (AvgIpc) is 2.29. The quantitative estimate of drug-likeness (QED) is 0.643. The molecule has 0 aliphatic heterocycles. The van der Waals surface area contributed by atoms with Crippen molar-refractivity contribution in [2.24, 2.45) is 11.5 Å². The highest BCUT2D eigenvalue weighted by molar-refractivity contribution is 5.78. The molecular formula is C11H16N2O2. The van der Waals surface area contributed by atoms with Crippen LogP contribution in [-0.4, -0.2) is 11.1 Å². The van der Waals surface area contributed by atoms with Gasteiger partial charge in [0.05, 0.1) is 0 Å². The Morgan fingerprint density at radius 1 is 1.27 bits per heavy atom. The molecule has 0 bridgehead atoms. The molecule has 1 aromatic rings. The van der Waals surface area contributed by atoms with Crippen LogP contribution in [0.25, 0.3) is 0 Å². The summed E-state index contributed by atoms with van der Waals surface area (Å²) in [5, 5.41) is 7.60. The molecule has 4 heteroatoms. The molecule has 0 radical (unpaired) electrons. The van der Waals surface area contributed by atoms with Crippen molar-refractivity contribution in [3.8, 4) is 0 Å². The summed E-state index contributed by atoms with van der Waals surface area (Å²) in [5.41, 5.74) is 13.2. The number of carboxylic acids is 1. The lowest BCUT2D eigenvalue weighted by atomic mass is 10.1. The minimum Gasteiger partial charge on any atom is -0.478 e. The average molecular weight is 208 g/mol. The first-order valence-corrected chi connectivity index (χ1v) is 4.48. The van der Waals surface area contributed by atoms with Gasteiger partial charge in [-0.1, -0.05) is 30.8 Å². The normalized spacial score (nSPS) is 8.67.